The lowest BCUT2D eigenvalue weighted by atomic mass is 10.2. The number of hydrogen-bond acceptors (Lipinski definition) is 3. The molecule has 1 heterocycles. The van der Waals surface area contributed by atoms with Crippen LogP contribution in [0.5, 0.6) is 0 Å². The van der Waals surface area contributed by atoms with Gasteiger partial charge in [0.05, 0.1) is 10.6 Å². The maximum atomic E-state index is 12.4. The fraction of sp³-hybridized carbons (Fsp3) is 0.214. The van der Waals surface area contributed by atoms with Gasteiger partial charge < -0.3 is 0 Å². The van der Waals surface area contributed by atoms with E-state index in [-0.39, 0.29) is 0 Å². The molecule has 0 aliphatic heterocycles. The molecule has 0 unspecified atom stereocenters. The van der Waals surface area contributed by atoms with Crippen molar-refractivity contribution in [2.75, 3.05) is 4.72 Å². The maximum absolute atomic E-state index is 12.4. The van der Waals surface area contributed by atoms with E-state index in [0.29, 0.717) is 10.6 Å². The van der Waals surface area contributed by atoms with Crippen molar-refractivity contribution in [1.29, 1.82) is 0 Å². The maximum Gasteiger partial charge on any atom is 0.262 e. The molecule has 0 amide bonds. The van der Waals surface area contributed by atoms with Crippen LogP contribution in [0.25, 0.3) is 0 Å². The smallest absolute Gasteiger partial charge is 0.262 e. The highest BCUT2D eigenvalue weighted by atomic mass is 32.2. The summed E-state index contributed by atoms with van der Waals surface area (Å²) in [4.78, 5) is 4.35. The van der Waals surface area contributed by atoms with Crippen LogP contribution in [-0.4, -0.2) is 13.4 Å². The van der Waals surface area contributed by atoms with Crippen molar-refractivity contribution in [3.05, 3.63) is 53.3 Å². The Bertz CT molecular complexity index is 709. The van der Waals surface area contributed by atoms with E-state index in [2.05, 4.69) is 9.71 Å². The van der Waals surface area contributed by atoms with Crippen molar-refractivity contribution in [2.45, 2.75) is 25.7 Å². The quantitative estimate of drug-likeness (QED) is 0.937. The van der Waals surface area contributed by atoms with E-state index in [0.717, 1.165) is 16.8 Å². The highest BCUT2D eigenvalue weighted by Crippen LogP contribution is 2.20. The van der Waals surface area contributed by atoms with E-state index in [1.54, 1.807) is 31.3 Å². The second-order valence-electron chi connectivity index (χ2n) is 4.56. The number of rotatable bonds is 3. The van der Waals surface area contributed by atoms with E-state index < -0.39 is 10.0 Å². The summed E-state index contributed by atoms with van der Waals surface area (Å²) in [6.07, 6.45) is 1.58. The molecule has 1 aromatic carbocycles. The standard InChI is InChI=1S/C14H16N2O2S/c1-10-4-5-11(2)14(8-10)19(17,18)16-13-6-7-15-12(3)9-13/h4-9H,1-3H3,(H,15,16). The molecule has 19 heavy (non-hydrogen) atoms. The first-order valence-electron chi connectivity index (χ1n) is 5.91. The van der Waals surface area contributed by atoms with Gasteiger partial charge in [0.1, 0.15) is 0 Å². The lowest BCUT2D eigenvalue weighted by Gasteiger charge is -2.11. The molecule has 1 N–H and O–H groups in total. The van der Waals surface area contributed by atoms with E-state index in [4.69, 9.17) is 0 Å². The third-order valence-corrected chi connectivity index (χ3v) is 4.31. The molecule has 0 saturated heterocycles. The van der Waals surface area contributed by atoms with Crippen LogP contribution in [0.3, 0.4) is 0 Å². The lowest BCUT2D eigenvalue weighted by Crippen LogP contribution is -2.14. The summed E-state index contributed by atoms with van der Waals surface area (Å²) in [5, 5.41) is 0. The second kappa shape index (κ2) is 5.01. The fourth-order valence-corrected chi connectivity index (χ4v) is 3.20. The molecule has 0 fully saturated rings. The van der Waals surface area contributed by atoms with Crippen LogP contribution < -0.4 is 4.72 Å². The number of aryl methyl sites for hydroxylation is 3. The summed E-state index contributed by atoms with van der Waals surface area (Å²) < 4.78 is 27.3. The summed E-state index contributed by atoms with van der Waals surface area (Å²) in [5.41, 5.74) is 2.93. The zero-order chi connectivity index (χ0) is 14.0. The van der Waals surface area contributed by atoms with Gasteiger partial charge in [-0.15, -0.1) is 0 Å². The number of benzene rings is 1. The number of nitrogens with zero attached hydrogens (tertiary/aromatic N) is 1. The van der Waals surface area contributed by atoms with Crippen molar-refractivity contribution in [3.63, 3.8) is 0 Å². The van der Waals surface area contributed by atoms with E-state index in [9.17, 15) is 8.42 Å². The molecular weight excluding hydrogens is 260 g/mol. The predicted molar refractivity (Wildman–Crippen MR) is 75.7 cm³/mol. The summed E-state index contributed by atoms with van der Waals surface area (Å²) in [7, 11) is -3.56. The monoisotopic (exact) mass is 276 g/mol. The predicted octanol–water partition coefficient (Wildman–Crippen LogP) is 2.81. The van der Waals surface area contributed by atoms with Gasteiger partial charge in [-0.2, -0.15) is 0 Å². The van der Waals surface area contributed by atoms with Gasteiger partial charge in [-0.1, -0.05) is 12.1 Å². The first-order chi connectivity index (χ1) is 8.88. The number of hydrogen-bond donors (Lipinski definition) is 1. The molecule has 0 saturated carbocycles. The largest absolute Gasteiger partial charge is 0.280 e. The third-order valence-electron chi connectivity index (χ3n) is 2.78. The SMILES string of the molecule is Cc1ccc(C)c(S(=O)(=O)Nc2ccnc(C)c2)c1. The molecular formula is C14H16N2O2S. The Balaban J connectivity index is 2.40. The zero-order valence-electron chi connectivity index (χ0n) is 11.1. The molecule has 0 atom stereocenters. The van der Waals surface area contributed by atoms with E-state index in [1.165, 1.54) is 0 Å². The molecule has 1 aromatic heterocycles. The zero-order valence-corrected chi connectivity index (χ0v) is 12.0. The van der Waals surface area contributed by atoms with Crippen LogP contribution in [0.4, 0.5) is 5.69 Å². The minimum atomic E-state index is -3.56. The van der Waals surface area contributed by atoms with Crippen LogP contribution >= 0.6 is 0 Å². The third kappa shape index (κ3) is 3.12. The number of aromatic nitrogens is 1. The number of sulfonamides is 1. The minimum Gasteiger partial charge on any atom is -0.280 e. The number of nitrogens with one attached hydrogen (secondary N) is 1. The van der Waals surface area contributed by atoms with Crippen molar-refractivity contribution in [1.82, 2.24) is 4.98 Å². The van der Waals surface area contributed by atoms with Crippen LogP contribution in [0.2, 0.25) is 0 Å². The Morgan fingerprint density at radius 1 is 1.05 bits per heavy atom. The first kappa shape index (κ1) is 13.5. The molecule has 2 rings (SSSR count). The summed E-state index contributed by atoms with van der Waals surface area (Å²) in [6.45, 7) is 5.47. The average molecular weight is 276 g/mol. The fourth-order valence-electron chi connectivity index (χ4n) is 1.82. The van der Waals surface area contributed by atoms with Crippen LogP contribution in [0, 0.1) is 20.8 Å². The van der Waals surface area contributed by atoms with Gasteiger partial charge in [-0.3, -0.25) is 9.71 Å². The molecule has 0 radical (unpaired) electrons. The van der Waals surface area contributed by atoms with Gasteiger partial charge in [0.2, 0.25) is 0 Å². The Morgan fingerprint density at radius 2 is 1.79 bits per heavy atom. The van der Waals surface area contributed by atoms with Crippen molar-refractivity contribution < 1.29 is 8.42 Å². The highest BCUT2D eigenvalue weighted by Gasteiger charge is 2.17. The minimum absolute atomic E-state index is 0.307. The van der Waals surface area contributed by atoms with Crippen LogP contribution in [0.15, 0.2) is 41.4 Å². The number of pyridine rings is 1. The van der Waals surface area contributed by atoms with E-state index >= 15 is 0 Å². The molecule has 0 aliphatic carbocycles. The van der Waals surface area contributed by atoms with Gasteiger partial charge in [0.25, 0.3) is 10.0 Å². The van der Waals surface area contributed by atoms with Gasteiger partial charge in [0, 0.05) is 11.9 Å². The van der Waals surface area contributed by atoms with Gasteiger partial charge in [-0.25, -0.2) is 8.42 Å². The summed E-state index contributed by atoms with van der Waals surface area (Å²) >= 11 is 0. The highest BCUT2D eigenvalue weighted by molar-refractivity contribution is 7.92. The molecule has 0 bridgehead atoms. The molecule has 0 aliphatic rings. The molecule has 4 nitrogen and oxygen atoms in total. The topological polar surface area (TPSA) is 59.1 Å². The van der Waals surface area contributed by atoms with Crippen LogP contribution in [0.1, 0.15) is 16.8 Å². The van der Waals surface area contributed by atoms with Crippen molar-refractivity contribution in [2.24, 2.45) is 0 Å². The average Bonchev–Trinajstić information content (AvgIpc) is 2.31. The summed E-state index contributed by atoms with van der Waals surface area (Å²) in [5.74, 6) is 0. The van der Waals surface area contributed by atoms with Crippen molar-refractivity contribution >= 4 is 15.7 Å². The first-order valence-corrected chi connectivity index (χ1v) is 7.39. The Hall–Kier alpha value is -1.88. The molecule has 2 aromatic rings. The van der Waals surface area contributed by atoms with Gasteiger partial charge >= 0.3 is 0 Å². The number of anilines is 1. The van der Waals surface area contributed by atoms with Crippen LogP contribution in [-0.2, 0) is 10.0 Å². The molecule has 100 valence electrons. The van der Waals surface area contributed by atoms with E-state index in [1.807, 2.05) is 26.0 Å². The lowest BCUT2D eigenvalue weighted by molar-refractivity contribution is 0.600. The molecule has 0 spiro atoms. The van der Waals surface area contributed by atoms with Crippen molar-refractivity contribution in [3.8, 4) is 0 Å². The second-order valence-corrected chi connectivity index (χ2v) is 6.21. The van der Waals surface area contributed by atoms with Gasteiger partial charge in [-0.05, 0) is 50.1 Å². The summed E-state index contributed by atoms with van der Waals surface area (Å²) in [6, 6.07) is 8.71. The molecule has 5 heteroatoms. The van der Waals surface area contributed by atoms with Gasteiger partial charge in [0.15, 0.2) is 0 Å². The normalized spacial score (nSPS) is 11.3. The Kier molecular flexibility index (Phi) is 3.57. The Labute approximate surface area is 113 Å². The Morgan fingerprint density at radius 3 is 2.47 bits per heavy atom.